The summed E-state index contributed by atoms with van der Waals surface area (Å²) in [7, 11) is 0. The maximum atomic E-state index is 13.9. The lowest BCUT2D eigenvalue weighted by molar-refractivity contribution is 0.438. The lowest BCUT2D eigenvalue weighted by Crippen LogP contribution is -2.15. The average Bonchev–Trinajstić information content (AvgIpc) is 2.69. The summed E-state index contributed by atoms with van der Waals surface area (Å²) < 4.78 is 14.4. The number of phenols is 1. The largest absolute Gasteiger partial charge is 0.506 e. The van der Waals surface area contributed by atoms with Crippen molar-refractivity contribution in [3.05, 3.63) is 27.5 Å². The van der Waals surface area contributed by atoms with Gasteiger partial charge in [-0.25, -0.2) is 4.39 Å². The Hall–Kier alpha value is -0.610. The van der Waals surface area contributed by atoms with Crippen LogP contribution in [0.3, 0.4) is 0 Å². The van der Waals surface area contributed by atoms with Gasteiger partial charge in [-0.2, -0.15) is 0 Å². The van der Waals surface area contributed by atoms with Crippen LogP contribution in [-0.4, -0.2) is 11.7 Å². The third-order valence-electron chi connectivity index (χ3n) is 2.82. The van der Waals surface area contributed by atoms with E-state index in [0.29, 0.717) is 15.6 Å². The van der Waals surface area contributed by atoms with Crippen LogP contribution in [0.4, 0.5) is 4.39 Å². The number of nitrogens with one attached hydrogen (secondary N) is 1. The molecule has 15 heavy (non-hydrogen) atoms. The fourth-order valence-corrected chi connectivity index (χ4v) is 2.57. The van der Waals surface area contributed by atoms with Crippen molar-refractivity contribution in [2.24, 2.45) is 0 Å². The number of aromatic hydroxyl groups is 1. The lowest BCUT2D eigenvalue weighted by Gasteiger charge is -2.16. The third kappa shape index (κ3) is 1.88. The molecule has 2 rings (SSSR count). The summed E-state index contributed by atoms with van der Waals surface area (Å²) >= 11 is 3.23. The van der Waals surface area contributed by atoms with Gasteiger partial charge in [0.25, 0.3) is 0 Å². The highest BCUT2D eigenvalue weighted by Crippen LogP contribution is 2.38. The molecule has 1 aromatic carbocycles. The van der Waals surface area contributed by atoms with E-state index in [1.54, 1.807) is 13.0 Å². The molecule has 1 heterocycles. The van der Waals surface area contributed by atoms with Crippen molar-refractivity contribution in [1.29, 1.82) is 0 Å². The maximum absolute atomic E-state index is 13.9. The molecule has 0 spiro atoms. The second-order valence-corrected chi connectivity index (χ2v) is 4.75. The Morgan fingerprint density at radius 3 is 2.93 bits per heavy atom. The summed E-state index contributed by atoms with van der Waals surface area (Å²) in [5.74, 6) is -0.271. The van der Waals surface area contributed by atoms with E-state index < -0.39 is 0 Å². The number of halogens is 2. The summed E-state index contributed by atoms with van der Waals surface area (Å²) in [6.07, 6.45) is 1.90. The van der Waals surface area contributed by atoms with Gasteiger partial charge in [0.2, 0.25) is 0 Å². The molecule has 1 aliphatic heterocycles. The minimum absolute atomic E-state index is 0.0255. The standard InChI is InChI=1S/C11H13BrFNO/c1-6-5-7(12)11(15)9(10(6)13)8-3-2-4-14-8/h5,8,14-15H,2-4H2,1H3. The number of aryl methyl sites for hydroxylation is 1. The summed E-state index contributed by atoms with van der Waals surface area (Å²) in [5, 5.41) is 13.0. The fraction of sp³-hybridized carbons (Fsp3) is 0.455. The van der Waals surface area contributed by atoms with Crippen molar-refractivity contribution in [2.75, 3.05) is 6.54 Å². The molecule has 1 aromatic rings. The number of rotatable bonds is 1. The van der Waals surface area contributed by atoms with E-state index in [0.717, 1.165) is 19.4 Å². The molecule has 0 aromatic heterocycles. The normalized spacial score (nSPS) is 20.9. The third-order valence-corrected chi connectivity index (χ3v) is 3.42. The molecule has 2 nitrogen and oxygen atoms in total. The van der Waals surface area contributed by atoms with Crippen LogP contribution in [0, 0.1) is 12.7 Å². The highest BCUT2D eigenvalue weighted by molar-refractivity contribution is 9.10. The molecule has 2 N–H and O–H groups in total. The van der Waals surface area contributed by atoms with Crippen molar-refractivity contribution in [3.8, 4) is 5.75 Å². The molecular formula is C11H13BrFNO. The van der Waals surface area contributed by atoms with Gasteiger partial charge in [0.1, 0.15) is 11.6 Å². The molecule has 1 unspecified atom stereocenters. The summed E-state index contributed by atoms with van der Waals surface area (Å²) in [6.45, 7) is 2.59. The predicted molar refractivity (Wildman–Crippen MR) is 60.5 cm³/mol. The van der Waals surface area contributed by atoms with Gasteiger partial charge in [0.05, 0.1) is 4.47 Å². The van der Waals surface area contributed by atoms with E-state index >= 15 is 0 Å². The predicted octanol–water partition coefficient (Wildman–Crippen LogP) is 3.03. The summed E-state index contributed by atoms with van der Waals surface area (Å²) in [6, 6.07) is 1.55. The molecule has 1 atom stereocenters. The van der Waals surface area contributed by atoms with Crippen molar-refractivity contribution < 1.29 is 9.50 Å². The van der Waals surface area contributed by atoms with Crippen LogP contribution in [-0.2, 0) is 0 Å². The van der Waals surface area contributed by atoms with Gasteiger partial charge in [0.15, 0.2) is 0 Å². The molecule has 4 heteroatoms. The van der Waals surface area contributed by atoms with Crippen LogP contribution in [0.5, 0.6) is 5.75 Å². The highest BCUT2D eigenvalue weighted by atomic mass is 79.9. The van der Waals surface area contributed by atoms with Crippen LogP contribution in [0.1, 0.15) is 30.0 Å². The first-order chi connectivity index (χ1) is 7.11. The van der Waals surface area contributed by atoms with E-state index in [-0.39, 0.29) is 17.6 Å². The Kier molecular flexibility index (Phi) is 2.98. The van der Waals surface area contributed by atoms with Crippen molar-refractivity contribution >= 4 is 15.9 Å². The molecule has 1 aliphatic rings. The minimum atomic E-state index is -0.296. The van der Waals surface area contributed by atoms with Crippen LogP contribution < -0.4 is 5.32 Å². The van der Waals surface area contributed by atoms with Crippen LogP contribution in [0.25, 0.3) is 0 Å². The molecule has 0 aliphatic carbocycles. The zero-order valence-corrected chi connectivity index (χ0v) is 10.1. The topological polar surface area (TPSA) is 32.3 Å². The molecule has 82 valence electrons. The molecule has 0 radical (unpaired) electrons. The van der Waals surface area contributed by atoms with Gasteiger partial charge in [-0.1, -0.05) is 0 Å². The van der Waals surface area contributed by atoms with Gasteiger partial charge < -0.3 is 10.4 Å². The summed E-state index contributed by atoms with van der Waals surface area (Å²) in [4.78, 5) is 0. The average molecular weight is 274 g/mol. The zero-order valence-electron chi connectivity index (χ0n) is 8.48. The van der Waals surface area contributed by atoms with E-state index in [4.69, 9.17) is 0 Å². The van der Waals surface area contributed by atoms with Crippen molar-refractivity contribution in [2.45, 2.75) is 25.8 Å². The van der Waals surface area contributed by atoms with Gasteiger partial charge in [-0.15, -0.1) is 0 Å². The molecule has 0 bridgehead atoms. The van der Waals surface area contributed by atoms with Gasteiger partial charge in [0, 0.05) is 11.6 Å². The second kappa shape index (κ2) is 4.10. The van der Waals surface area contributed by atoms with E-state index in [9.17, 15) is 9.50 Å². The number of hydrogen-bond acceptors (Lipinski definition) is 2. The van der Waals surface area contributed by atoms with Crippen LogP contribution in [0.2, 0.25) is 0 Å². The first kappa shape index (κ1) is 10.9. The highest BCUT2D eigenvalue weighted by Gasteiger charge is 2.25. The molecule has 0 saturated carbocycles. The first-order valence-electron chi connectivity index (χ1n) is 5.02. The maximum Gasteiger partial charge on any atom is 0.137 e. The van der Waals surface area contributed by atoms with Crippen LogP contribution >= 0.6 is 15.9 Å². The lowest BCUT2D eigenvalue weighted by atomic mass is 10.0. The van der Waals surface area contributed by atoms with Crippen molar-refractivity contribution in [1.82, 2.24) is 5.32 Å². The van der Waals surface area contributed by atoms with Crippen molar-refractivity contribution in [3.63, 3.8) is 0 Å². The van der Waals surface area contributed by atoms with E-state index in [1.165, 1.54) is 0 Å². The number of benzene rings is 1. The fourth-order valence-electron chi connectivity index (χ4n) is 2.02. The first-order valence-corrected chi connectivity index (χ1v) is 5.81. The zero-order chi connectivity index (χ0) is 11.0. The Morgan fingerprint density at radius 1 is 1.60 bits per heavy atom. The van der Waals surface area contributed by atoms with Gasteiger partial charge >= 0.3 is 0 Å². The Labute approximate surface area is 96.6 Å². The number of hydrogen-bond donors (Lipinski definition) is 2. The minimum Gasteiger partial charge on any atom is -0.506 e. The molecule has 1 saturated heterocycles. The quantitative estimate of drug-likeness (QED) is 0.825. The summed E-state index contributed by atoms with van der Waals surface area (Å²) in [5.41, 5.74) is 0.961. The van der Waals surface area contributed by atoms with Gasteiger partial charge in [-0.05, 0) is 53.9 Å². The van der Waals surface area contributed by atoms with Gasteiger partial charge in [-0.3, -0.25) is 0 Å². The second-order valence-electron chi connectivity index (χ2n) is 3.90. The Balaban J connectivity index is 2.52. The monoisotopic (exact) mass is 273 g/mol. The molecule has 1 fully saturated rings. The Bertz CT molecular complexity index is 362. The van der Waals surface area contributed by atoms with Crippen LogP contribution in [0.15, 0.2) is 10.5 Å². The molecule has 0 amide bonds. The Morgan fingerprint density at radius 2 is 2.33 bits per heavy atom. The molecular weight excluding hydrogens is 261 g/mol. The SMILES string of the molecule is Cc1cc(Br)c(O)c(C2CCCN2)c1F. The number of phenolic OH excluding ortho intramolecular Hbond substituents is 1. The van der Waals surface area contributed by atoms with E-state index in [2.05, 4.69) is 21.2 Å². The van der Waals surface area contributed by atoms with E-state index in [1.807, 2.05) is 0 Å². The smallest absolute Gasteiger partial charge is 0.137 e.